The van der Waals surface area contributed by atoms with Gasteiger partial charge in [0.05, 0.1) is 12.0 Å². The number of alkyl carbamates (subject to hydrolysis) is 1. The average Bonchev–Trinajstić information content (AvgIpc) is 2.86. The molecule has 0 fully saturated rings. The fourth-order valence-electron chi connectivity index (χ4n) is 1.62. The van der Waals surface area contributed by atoms with Gasteiger partial charge in [0, 0.05) is 19.2 Å². The van der Waals surface area contributed by atoms with E-state index in [4.69, 9.17) is 9.47 Å². The summed E-state index contributed by atoms with van der Waals surface area (Å²) in [5.41, 5.74) is -0.524. The van der Waals surface area contributed by atoms with Crippen LogP contribution in [0.1, 0.15) is 47.2 Å². The monoisotopic (exact) mass is 353 g/mol. The van der Waals surface area contributed by atoms with Crippen molar-refractivity contribution in [3.05, 3.63) is 18.2 Å². The molecule has 0 atom stereocenters. The minimum Gasteiger partial charge on any atom is -0.444 e. The zero-order valence-corrected chi connectivity index (χ0v) is 15.6. The van der Waals surface area contributed by atoms with Crippen molar-refractivity contribution in [2.45, 2.75) is 59.2 Å². The minimum absolute atomic E-state index is 0.0426. The Morgan fingerprint density at radius 2 is 1.80 bits per heavy atom. The van der Waals surface area contributed by atoms with Crippen molar-refractivity contribution in [3.63, 3.8) is 0 Å². The summed E-state index contributed by atoms with van der Waals surface area (Å²) in [6, 6.07) is 0. The third-order valence-corrected chi connectivity index (χ3v) is 2.44. The second-order valence-corrected chi connectivity index (χ2v) is 7.30. The van der Waals surface area contributed by atoms with Crippen LogP contribution >= 0.6 is 0 Å². The van der Waals surface area contributed by atoms with Gasteiger partial charge in [0.2, 0.25) is 5.96 Å². The third-order valence-electron chi connectivity index (χ3n) is 2.44. The molecule has 1 heterocycles. The second-order valence-electron chi connectivity index (χ2n) is 7.30. The molecule has 0 aliphatic carbocycles. The number of hydrogen-bond acceptors (Lipinski definition) is 5. The Morgan fingerprint density at radius 3 is 2.32 bits per heavy atom. The maximum Gasteiger partial charge on any atom is 0.437 e. The van der Waals surface area contributed by atoms with Gasteiger partial charge >= 0.3 is 12.2 Å². The lowest BCUT2D eigenvalue weighted by atomic mass is 10.2. The van der Waals surface area contributed by atoms with E-state index in [-0.39, 0.29) is 5.96 Å². The van der Waals surface area contributed by atoms with Gasteiger partial charge in [-0.05, 0) is 41.5 Å². The Labute approximate surface area is 147 Å². The van der Waals surface area contributed by atoms with Crippen LogP contribution in [0.4, 0.5) is 9.59 Å². The van der Waals surface area contributed by atoms with Crippen LogP contribution in [0.15, 0.2) is 17.5 Å². The number of carbonyl (C=O) groups is 2. The van der Waals surface area contributed by atoms with Crippen molar-refractivity contribution in [2.24, 2.45) is 4.99 Å². The minimum atomic E-state index is -0.814. The van der Waals surface area contributed by atoms with E-state index in [0.717, 1.165) is 5.69 Å². The fraction of sp³-hybridized carbons (Fsp3) is 0.625. The lowest BCUT2D eigenvalue weighted by Gasteiger charge is -2.21. The highest BCUT2D eigenvalue weighted by atomic mass is 16.6. The number of guanidine groups is 1. The molecule has 9 heteroatoms. The molecule has 1 rings (SSSR count). The van der Waals surface area contributed by atoms with Crippen molar-refractivity contribution in [3.8, 4) is 0 Å². The molecular formula is C16H27N5O4. The van der Waals surface area contributed by atoms with Gasteiger partial charge in [-0.1, -0.05) is 0 Å². The third kappa shape index (κ3) is 10.0. The van der Waals surface area contributed by atoms with Crippen LogP contribution in [-0.4, -0.2) is 45.9 Å². The molecule has 0 aliphatic heterocycles. The van der Waals surface area contributed by atoms with E-state index in [1.54, 1.807) is 54.1 Å². The first kappa shape index (κ1) is 20.5. The van der Waals surface area contributed by atoms with Crippen LogP contribution in [0.25, 0.3) is 0 Å². The van der Waals surface area contributed by atoms with E-state index in [9.17, 15) is 9.59 Å². The normalized spacial score (nSPS) is 12.5. The molecule has 1 aromatic heterocycles. The number of carbonyl (C=O) groups excluding carboxylic acids is 2. The highest BCUT2D eigenvalue weighted by Crippen LogP contribution is 2.08. The molecule has 0 aromatic carbocycles. The quantitative estimate of drug-likeness (QED) is 0.567. The number of ether oxygens (including phenoxy) is 2. The summed E-state index contributed by atoms with van der Waals surface area (Å²) in [5, 5.41) is 5.29. The van der Waals surface area contributed by atoms with Gasteiger partial charge in [-0.15, -0.1) is 4.99 Å². The molecule has 2 amide bonds. The summed E-state index contributed by atoms with van der Waals surface area (Å²) in [6.07, 6.45) is 2.37. The highest BCUT2D eigenvalue weighted by molar-refractivity contribution is 5.98. The van der Waals surface area contributed by atoms with E-state index in [1.807, 2.05) is 0 Å². The molecular weight excluding hydrogens is 326 g/mol. The summed E-state index contributed by atoms with van der Waals surface area (Å²) in [7, 11) is 0. The Balaban J connectivity index is 2.71. The van der Waals surface area contributed by atoms with Crippen LogP contribution in [0, 0.1) is 0 Å². The van der Waals surface area contributed by atoms with Crippen LogP contribution in [-0.2, 0) is 15.9 Å². The molecule has 3 N–H and O–H groups in total. The molecule has 0 bridgehead atoms. The first-order chi connectivity index (χ1) is 11.4. The van der Waals surface area contributed by atoms with Crippen molar-refractivity contribution < 1.29 is 19.1 Å². The summed E-state index contributed by atoms with van der Waals surface area (Å²) < 4.78 is 10.3. The maximum absolute atomic E-state index is 11.9. The number of rotatable bonds is 3. The summed E-state index contributed by atoms with van der Waals surface area (Å²) >= 11 is 0. The van der Waals surface area contributed by atoms with Crippen LogP contribution in [0.3, 0.4) is 0 Å². The van der Waals surface area contributed by atoms with Crippen LogP contribution in [0.5, 0.6) is 0 Å². The highest BCUT2D eigenvalue weighted by Gasteiger charge is 2.20. The Kier molecular flexibility index (Phi) is 6.96. The van der Waals surface area contributed by atoms with Gasteiger partial charge in [-0.25, -0.2) is 14.6 Å². The van der Waals surface area contributed by atoms with E-state index >= 15 is 0 Å². The number of H-pyrrole nitrogens is 1. The molecule has 0 radical (unpaired) electrons. The Bertz CT molecular complexity index is 597. The summed E-state index contributed by atoms with van der Waals surface area (Å²) in [5.74, 6) is -0.0426. The number of hydrogen-bond donors (Lipinski definition) is 3. The van der Waals surface area contributed by atoms with Gasteiger partial charge in [0.15, 0.2) is 0 Å². The van der Waals surface area contributed by atoms with Crippen molar-refractivity contribution >= 4 is 18.1 Å². The number of nitrogens with one attached hydrogen (secondary N) is 3. The van der Waals surface area contributed by atoms with E-state index < -0.39 is 23.4 Å². The number of amides is 2. The summed E-state index contributed by atoms with van der Waals surface area (Å²) in [4.78, 5) is 34.5. The average molecular weight is 353 g/mol. The predicted molar refractivity (Wildman–Crippen MR) is 93.3 cm³/mol. The van der Waals surface area contributed by atoms with Gasteiger partial charge in [0.25, 0.3) is 0 Å². The number of aromatic amines is 1. The number of aromatic nitrogens is 2. The lowest BCUT2D eigenvalue weighted by Crippen LogP contribution is -2.44. The zero-order valence-electron chi connectivity index (χ0n) is 15.6. The molecule has 1 aromatic rings. The molecule has 0 aliphatic rings. The molecule has 9 nitrogen and oxygen atoms in total. The molecule has 0 spiro atoms. The first-order valence-corrected chi connectivity index (χ1v) is 7.98. The Hall–Kier alpha value is -2.58. The number of imidazole rings is 1. The van der Waals surface area contributed by atoms with Crippen molar-refractivity contribution in [1.82, 2.24) is 20.6 Å². The van der Waals surface area contributed by atoms with Crippen molar-refractivity contribution in [2.75, 3.05) is 6.54 Å². The predicted octanol–water partition coefficient (Wildman–Crippen LogP) is 2.36. The SMILES string of the molecule is CC(C)(C)OC(=O)/N=C(/NCCc1c[nH]cn1)NC(=O)OC(C)(C)C. The topological polar surface area (TPSA) is 118 Å². The summed E-state index contributed by atoms with van der Waals surface area (Å²) in [6.45, 7) is 10.8. The molecule has 25 heavy (non-hydrogen) atoms. The van der Waals surface area contributed by atoms with Gasteiger partial charge < -0.3 is 19.8 Å². The van der Waals surface area contributed by atoms with Crippen molar-refractivity contribution in [1.29, 1.82) is 0 Å². The molecule has 0 saturated heterocycles. The van der Waals surface area contributed by atoms with E-state index in [2.05, 4.69) is 25.6 Å². The molecule has 140 valence electrons. The van der Waals surface area contributed by atoms with Gasteiger partial charge in [-0.3, -0.25) is 5.32 Å². The maximum atomic E-state index is 11.9. The largest absolute Gasteiger partial charge is 0.444 e. The zero-order chi connectivity index (χ0) is 19.1. The van der Waals surface area contributed by atoms with Crippen LogP contribution < -0.4 is 10.6 Å². The Morgan fingerprint density at radius 1 is 1.16 bits per heavy atom. The smallest absolute Gasteiger partial charge is 0.437 e. The van der Waals surface area contributed by atoms with E-state index in [1.165, 1.54) is 0 Å². The van der Waals surface area contributed by atoms with E-state index in [0.29, 0.717) is 13.0 Å². The standard InChI is InChI=1S/C16H27N5O4/c1-15(2,3)24-13(22)20-12(21-14(23)25-16(4,5)6)18-8-7-11-9-17-10-19-11/h9-10H,7-8H2,1-6H3,(H,17,19)(H2,18,20,21,22,23). The lowest BCUT2D eigenvalue weighted by molar-refractivity contribution is 0.0560. The van der Waals surface area contributed by atoms with Gasteiger partial charge in [0.1, 0.15) is 11.2 Å². The van der Waals surface area contributed by atoms with Crippen LogP contribution in [0.2, 0.25) is 0 Å². The number of nitrogens with zero attached hydrogens (tertiary/aromatic N) is 2. The second kappa shape index (κ2) is 8.50. The fourth-order valence-corrected chi connectivity index (χ4v) is 1.62. The first-order valence-electron chi connectivity index (χ1n) is 7.98. The number of aliphatic imine (C=N–C) groups is 1. The molecule has 0 saturated carbocycles. The van der Waals surface area contributed by atoms with Gasteiger partial charge in [-0.2, -0.15) is 0 Å². The molecule has 0 unspecified atom stereocenters.